The van der Waals surface area contributed by atoms with Crippen LogP contribution in [0.4, 0.5) is 4.39 Å². The van der Waals surface area contributed by atoms with Gasteiger partial charge in [-0.1, -0.05) is 48.5 Å². The van der Waals surface area contributed by atoms with E-state index in [1.165, 1.54) is 20.3 Å². The second kappa shape index (κ2) is 11.9. The summed E-state index contributed by atoms with van der Waals surface area (Å²) in [6.45, 7) is 0.778. The Morgan fingerprint density at radius 1 is 0.875 bits per heavy atom. The van der Waals surface area contributed by atoms with Crippen LogP contribution in [0.25, 0.3) is 11.1 Å². The highest BCUT2D eigenvalue weighted by molar-refractivity contribution is 5.75. The first-order valence-electron chi connectivity index (χ1n) is 10.4. The number of ether oxygens (including phenoxy) is 4. The molecule has 0 spiro atoms. The first kappa shape index (κ1) is 23.3. The van der Waals surface area contributed by atoms with E-state index < -0.39 is 17.9 Å². The van der Waals surface area contributed by atoms with E-state index in [0.29, 0.717) is 25.2 Å². The van der Waals surface area contributed by atoms with Crippen molar-refractivity contribution >= 4 is 5.97 Å². The van der Waals surface area contributed by atoms with Gasteiger partial charge in [0, 0.05) is 20.0 Å². The fraction of sp³-hybridized carbons (Fsp3) is 0.269. The van der Waals surface area contributed by atoms with Gasteiger partial charge in [-0.15, -0.1) is 0 Å². The third kappa shape index (κ3) is 6.56. The average Bonchev–Trinajstić information content (AvgIpc) is 2.84. The van der Waals surface area contributed by atoms with Gasteiger partial charge >= 0.3 is 5.97 Å². The van der Waals surface area contributed by atoms with Crippen LogP contribution in [0, 0.1) is 5.82 Å². The highest BCUT2D eigenvalue weighted by atomic mass is 19.1. The lowest BCUT2D eigenvalue weighted by molar-refractivity contribution is -0.152. The standard InChI is InChI=1S/C26H27FO5/c1-29-25(26(28)30-2)18-19-9-14-24(23(27)17-19)32-16-6-15-31-22-12-10-21(11-13-22)20-7-4-3-5-8-20/h3-5,7-14,17,25H,6,15-16,18H2,1-2H3. The lowest BCUT2D eigenvalue weighted by atomic mass is 10.1. The molecule has 168 valence electrons. The SMILES string of the molecule is COC(=O)C(Cc1ccc(OCCCOc2ccc(-c3ccccc3)cc2)c(F)c1)OC. The lowest BCUT2D eigenvalue weighted by Crippen LogP contribution is -2.26. The monoisotopic (exact) mass is 438 g/mol. The molecule has 0 saturated carbocycles. The Balaban J connectivity index is 1.42. The number of rotatable bonds is 11. The minimum absolute atomic E-state index is 0.160. The minimum atomic E-state index is -0.773. The molecule has 0 amide bonds. The summed E-state index contributed by atoms with van der Waals surface area (Å²) in [7, 11) is 2.70. The molecule has 0 aromatic heterocycles. The Morgan fingerprint density at radius 3 is 2.22 bits per heavy atom. The molecule has 0 fully saturated rings. The largest absolute Gasteiger partial charge is 0.493 e. The summed E-state index contributed by atoms with van der Waals surface area (Å²) < 4.78 is 35.4. The van der Waals surface area contributed by atoms with Gasteiger partial charge in [-0.05, 0) is 41.0 Å². The Bertz CT molecular complexity index is 989. The minimum Gasteiger partial charge on any atom is -0.493 e. The molecule has 0 saturated heterocycles. The number of benzene rings is 3. The van der Waals surface area contributed by atoms with Crippen molar-refractivity contribution < 1.29 is 28.1 Å². The number of halogens is 1. The van der Waals surface area contributed by atoms with Crippen LogP contribution in [-0.2, 0) is 20.7 Å². The Labute approximate surface area is 187 Å². The fourth-order valence-corrected chi connectivity index (χ4v) is 3.20. The van der Waals surface area contributed by atoms with E-state index in [0.717, 1.165) is 16.9 Å². The van der Waals surface area contributed by atoms with Gasteiger partial charge in [-0.2, -0.15) is 0 Å². The van der Waals surface area contributed by atoms with Gasteiger partial charge in [0.05, 0.1) is 20.3 Å². The summed E-state index contributed by atoms with van der Waals surface area (Å²) in [5.74, 6) is -0.0471. The summed E-state index contributed by atoms with van der Waals surface area (Å²) in [6.07, 6.45) is 0.0533. The molecule has 0 aliphatic carbocycles. The van der Waals surface area contributed by atoms with E-state index >= 15 is 0 Å². The Morgan fingerprint density at radius 2 is 1.56 bits per heavy atom. The molecule has 0 heterocycles. The predicted octanol–water partition coefficient (Wildman–Crippen LogP) is 5.07. The van der Waals surface area contributed by atoms with Gasteiger partial charge in [-0.25, -0.2) is 9.18 Å². The van der Waals surface area contributed by atoms with Crippen molar-refractivity contribution in [2.45, 2.75) is 18.9 Å². The van der Waals surface area contributed by atoms with Crippen LogP contribution in [0.5, 0.6) is 11.5 Å². The number of hydrogen-bond acceptors (Lipinski definition) is 5. The molecule has 3 aromatic carbocycles. The van der Waals surface area contributed by atoms with Crippen molar-refractivity contribution in [2.75, 3.05) is 27.4 Å². The summed E-state index contributed by atoms with van der Waals surface area (Å²) >= 11 is 0. The second-order valence-electron chi connectivity index (χ2n) is 7.16. The molecule has 6 heteroatoms. The van der Waals surface area contributed by atoms with Crippen molar-refractivity contribution in [1.29, 1.82) is 0 Å². The molecule has 1 atom stereocenters. The van der Waals surface area contributed by atoms with E-state index in [9.17, 15) is 9.18 Å². The van der Waals surface area contributed by atoms with Crippen molar-refractivity contribution in [3.05, 3.63) is 84.2 Å². The van der Waals surface area contributed by atoms with E-state index in [1.54, 1.807) is 12.1 Å². The van der Waals surface area contributed by atoms with Crippen LogP contribution in [0.15, 0.2) is 72.8 Å². The predicted molar refractivity (Wildman–Crippen MR) is 120 cm³/mol. The smallest absolute Gasteiger partial charge is 0.335 e. The zero-order valence-corrected chi connectivity index (χ0v) is 18.3. The van der Waals surface area contributed by atoms with Crippen molar-refractivity contribution in [1.82, 2.24) is 0 Å². The number of hydrogen-bond donors (Lipinski definition) is 0. The summed E-state index contributed by atoms with van der Waals surface area (Å²) in [5.41, 5.74) is 2.90. The number of carbonyl (C=O) groups excluding carboxylic acids is 1. The van der Waals surface area contributed by atoms with Crippen molar-refractivity contribution in [3.8, 4) is 22.6 Å². The molecule has 1 unspecified atom stereocenters. The summed E-state index contributed by atoms with van der Waals surface area (Å²) in [6, 6.07) is 22.6. The van der Waals surface area contributed by atoms with Crippen LogP contribution in [-0.4, -0.2) is 39.5 Å². The van der Waals surface area contributed by atoms with Gasteiger partial charge < -0.3 is 18.9 Å². The summed E-state index contributed by atoms with van der Waals surface area (Å²) in [5, 5.41) is 0. The van der Waals surface area contributed by atoms with E-state index in [1.807, 2.05) is 42.5 Å². The van der Waals surface area contributed by atoms with Crippen LogP contribution >= 0.6 is 0 Å². The zero-order valence-electron chi connectivity index (χ0n) is 18.3. The third-order valence-corrected chi connectivity index (χ3v) is 4.94. The molecule has 3 rings (SSSR count). The maximum absolute atomic E-state index is 14.3. The molecule has 5 nitrogen and oxygen atoms in total. The molecule has 0 aliphatic heterocycles. The molecule has 32 heavy (non-hydrogen) atoms. The molecule has 0 aliphatic rings. The van der Waals surface area contributed by atoms with Crippen molar-refractivity contribution in [2.24, 2.45) is 0 Å². The zero-order chi connectivity index (χ0) is 22.8. The summed E-state index contributed by atoms with van der Waals surface area (Å²) in [4.78, 5) is 11.6. The quantitative estimate of drug-likeness (QED) is 0.309. The van der Waals surface area contributed by atoms with Crippen LogP contribution in [0.1, 0.15) is 12.0 Å². The fourth-order valence-electron chi connectivity index (χ4n) is 3.20. The molecular weight excluding hydrogens is 411 g/mol. The van der Waals surface area contributed by atoms with Gasteiger partial charge in [0.2, 0.25) is 0 Å². The molecule has 0 radical (unpaired) electrons. The van der Waals surface area contributed by atoms with Gasteiger partial charge in [0.25, 0.3) is 0 Å². The van der Waals surface area contributed by atoms with E-state index in [4.69, 9.17) is 14.2 Å². The first-order chi connectivity index (χ1) is 15.6. The molecule has 0 bridgehead atoms. The number of methoxy groups -OCH3 is 2. The van der Waals surface area contributed by atoms with E-state index in [2.05, 4.69) is 16.9 Å². The number of carbonyl (C=O) groups is 1. The van der Waals surface area contributed by atoms with Crippen LogP contribution < -0.4 is 9.47 Å². The lowest BCUT2D eigenvalue weighted by Gasteiger charge is -2.14. The molecular formula is C26H27FO5. The topological polar surface area (TPSA) is 54.0 Å². The number of esters is 1. The molecule has 0 N–H and O–H groups in total. The average molecular weight is 438 g/mol. The van der Waals surface area contributed by atoms with Crippen molar-refractivity contribution in [3.63, 3.8) is 0 Å². The van der Waals surface area contributed by atoms with E-state index in [-0.39, 0.29) is 12.2 Å². The maximum atomic E-state index is 14.3. The van der Waals surface area contributed by atoms with Gasteiger partial charge in [0.1, 0.15) is 5.75 Å². The van der Waals surface area contributed by atoms with Gasteiger partial charge in [0.15, 0.2) is 17.7 Å². The molecule has 3 aromatic rings. The second-order valence-corrected chi connectivity index (χ2v) is 7.16. The van der Waals surface area contributed by atoms with Gasteiger partial charge in [-0.3, -0.25) is 0 Å². The van der Waals surface area contributed by atoms with Crippen LogP contribution in [0.3, 0.4) is 0 Å². The van der Waals surface area contributed by atoms with Crippen LogP contribution in [0.2, 0.25) is 0 Å². The highest BCUT2D eigenvalue weighted by Crippen LogP contribution is 2.23. The Kier molecular flexibility index (Phi) is 8.63. The third-order valence-electron chi connectivity index (χ3n) is 4.94. The first-order valence-corrected chi connectivity index (χ1v) is 10.4. The Hall–Kier alpha value is -3.38. The normalized spacial score (nSPS) is 11.6. The maximum Gasteiger partial charge on any atom is 0.335 e. The highest BCUT2D eigenvalue weighted by Gasteiger charge is 2.19.